The standard InChI is InChI=1S/C30H34Cl3N3O4S/c1-21(2)34-30(38)28(18-22-10-5-4-6-11-22)35(20-25-26(32)14-8-15-27(25)33)29(37)16-9-17-36(41(3,39)40)24-13-7-12-23(31)19-24/h4-8,10-15,19,21,28H,9,16-18,20H2,1-3H3,(H,34,38). The summed E-state index contributed by atoms with van der Waals surface area (Å²) < 4.78 is 26.4. The summed E-state index contributed by atoms with van der Waals surface area (Å²) in [4.78, 5) is 28.9. The zero-order valence-corrected chi connectivity index (χ0v) is 26.3. The first-order valence-corrected chi connectivity index (χ1v) is 16.1. The van der Waals surface area contributed by atoms with Gasteiger partial charge in [-0.1, -0.05) is 77.3 Å². The van der Waals surface area contributed by atoms with Gasteiger partial charge in [0.1, 0.15) is 6.04 Å². The Bertz CT molecular complexity index is 1430. The number of anilines is 1. The van der Waals surface area contributed by atoms with E-state index in [-0.39, 0.29) is 50.2 Å². The van der Waals surface area contributed by atoms with Gasteiger partial charge in [0.25, 0.3) is 0 Å². The van der Waals surface area contributed by atoms with Gasteiger partial charge in [-0.05, 0) is 56.2 Å². The lowest BCUT2D eigenvalue weighted by Gasteiger charge is -2.33. The molecule has 0 saturated carbocycles. The number of amides is 2. The topological polar surface area (TPSA) is 86.8 Å². The van der Waals surface area contributed by atoms with Crippen LogP contribution < -0.4 is 9.62 Å². The van der Waals surface area contributed by atoms with Crippen LogP contribution in [-0.4, -0.2) is 50.0 Å². The van der Waals surface area contributed by atoms with Crippen molar-refractivity contribution in [2.45, 2.75) is 51.7 Å². The van der Waals surface area contributed by atoms with Crippen LogP contribution in [0.4, 0.5) is 5.69 Å². The number of carbonyl (C=O) groups excluding carboxylic acids is 2. The van der Waals surface area contributed by atoms with Gasteiger partial charge < -0.3 is 10.2 Å². The number of hydrogen-bond donors (Lipinski definition) is 1. The molecule has 3 aromatic carbocycles. The Balaban J connectivity index is 1.93. The highest BCUT2D eigenvalue weighted by Gasteiger charge is 2.31. The Morgan fingerprint density at radius 2 is 1.54 bits per heavy atom. The van der Waals surface area contributed by atoms with Crippen LogP contribution in [-0.2, 0) is 32.6 Å². The van der Waals surface area contributed by atoms with Gasteiger partial charge in [-0.3, -0.25) is 13.9 Å². The minimum atomic E-state index is -3.65. The van der Waals surface area contributed by atoms with Crippen molar-refractivity contribution >= 4 is 62.3 Å². The van der Waals surface area contributed by atoms with Crippen LogP contribution in [0.1, 0.15) is 37.8 Å². The molecule has 0 aliphatic rings. The second-order valence-corrected chi connectivity index (χ2v) is 13.2. The van der Waals surface area contributed by atoms with Gasteiger partial charge in [0.15, 0.2) is 0 Å². The molecule has 0 aromatic heterocycles. The molecule has 0 saturated heterocycles. The number of nitrogens with zero attached hydrogens (tertiary/aromatic N) is 2. The molecule has 41 heavy (non-hydrogen) atoms. The third-order valence-corrected chi connectivity index (χ3v) is 8.48. The van der Waals surface area contributed by atoms with E-state index in [1.54, 1.807) is 42.5 Å². The molecule has 3 aromatic rings. The average molecular weight is 639 g/mol. The molecule has 7 nitrogen and oxygen atoms in total. The van der Waals surface area contributed by atoms with Crippen molar-refractivity contribution in [2.24, 2.45) is 0 Å². The molecular weight excluding hydrogens is 605 g/mol. The van der Waals surface area contributed by atoms with Crippen molar-refractivity contribution in [3.05, 3.63) is 99.0 Å². The number of rotatable bonds is 13. The van der Waals surface area contributed by atoms with E-state index in [1.807, 2.05) is 44.2 Å². The smallest absolute Gasteiger partial charge is 0.243 e. The second kappa shape index (κ2) is 14.9. The third-order valence-electron chi connectivity index (χ3n) is 6.34. The lowest BCUT2D eigenvalue weighted by atomic mass is 10.0. The van der Waals surface area contributed by atoms with E-state index in [0.29, 0.717) is 26.3 Å². The quantitative estimate of drug-likeness (QED) is 0.236. The fraction of sp³-hybridized carbons (Fsp3) is 0.333. The van der Waals surface area contributed by atoms with Crippen LogP contribution in [0.5, 0.6) is 0 Å². The molecule has 2 amide bonds. The van der Waals surface area contributed by atoms with Crippen LogP contribution in [0, 0.1) is 0 Å². The van der Waals surface area contributed by atoms with Gasteiger partial charge in [0.2, 0.25) is 21.8 Å². The maximum atomic E-state index is 13.9. The molecular formula is C30H34Cl3N3O4S. The Kier molecular flexibility index (Phi) is 11.9. The van der Waals surface area contributed by atoms with Gasteiger partial charge in [-0.25, -0.2) is 8.42 Å². The number of hydrogen-bond acceptors (Lipinski definition) is 4. The van der Waals surface area contributed by atoms with Crippen molar-refractivity contribution in [3.63, 3.8) is 0 Å². The summed E-state index contributed by atoms with van der Waals surface area (Å²) in [5.41, 5.74) is 1.81. The summed E-state index contributed by atoms with van der Waals surface area (Å²) in [6.07, 6.45) is 1.56. The van der Waals surface area contributed by atoms with Crippen LogP contribution in [0.15, 0.2) is 72.8 Å². The predicted molar refractivity (Wildman–Crippen MR) is 167 cm³/mol. The van der Waals surface area contributed by atoms with Gasteiger partial charge in [-0.2, -0.15) is 0 Å². The maximum Gasteiger partial charge on any atom is 0.243 e. The van der Waals surface area contributed by atoms with E-state index in [9.17, 15) is 18.0 Å². The lowest BCUT2D eigenvalue weighted by molar-refractivity contribution is -0.141. The van der Waals surface area contributed by atoms with Gasteiger partial charge in [0, 0.05) is 52.6 Å². The Morgan fingerprint density at radius 1 is 0.902 bits per heavy atom. The van der Waals surface area contributed by atoms with Crippen LogP contribution in [0.3, 0.4) is 0 Å². The molecule has 0 spiro atoms. The number of sulfonamides is 1. The highest BCUT2D eigenvalue weighted by Crippen LogP contribution is 2.28. The van der Waals surface area contributed by atoms with Crippen LogP contribution in [0.2, 0.25) is 15.1 Å². The van der Waals surface area contributed by atoms with Crippen LogP contribution >= 0.6 is 34.8 Å². The molecule has 0 radical (unpaired) electrons. The third kappa shape index (κ3) is 9.64. The molecule has 0 fully saturated rings. The first-order chi connectivity index (χ1) is 19.4. The highest BCUT2D eigenvalue weighted by atomic mass is 35.5. The molecule has 1 unspecified atom stereocenters. The number of carbonyl (C=O) groups is 2. The molecule has 3 rings (SSSR count). The van der Waals surface area contributed by atoms with E-state index in [0.717, 1.165) is 11.8 Å². The van der Waals surface area contributed by atoms with E-state index in [2.05, 4.69) is 5.32 Å². The molecule has 0 bridgehead atoms. The van der Waals surface area contributed by atoms with Gasteiger partial charge >= 0.3 is 0 Å². The Morgan fingerprint density at radius 3 is 2.12 bits per heavy atom. The second-order valence-electron chi connectivity index (χ2n) is 10.0. The Labute approximate surface area is 257 Å². The first-order valence-electron chi connectivity index (χ1n) is 13.2. The molecule has 1 N–H and O–H groups in total. The zero-order valence-electron chi connectivity index (χ0n) is 23.2. The fourth-order valence-corrected chi connectivity index (χ4v) is 6.08. The SMILES string of the molecule is CC(C)NC(=O)C(Cc1ccccc1)N(Cc1c(Cl)cccc1Cl)C(=O)CCCN(c1cccc(Cl)c1)S(C)(=O)=O. The number of nitrogens with one attached hydrogen (secondary N) is 1. The van der Waals surface area contributed by atoms with Crippen molar-refractivity contribution in [1.29, 1.82) is 0 Å². The predicted octanol–water partition coefficient (Wildman–Crippen LogP) is 6.36. The number of benzene rings is 3. The molecule has 1 atom stereocenters. The minimum Gasteiger partial charge on any atom is -0.352 e. The van der Waals surface area contributed by atoms with E-state index < -0.39 is 16.1 Å². The highest BCUT2D eigenvalue weighted by molar-refractivity contribution is 7.92. The number of halogens is 3. The molecule has 11 heteroatoms. The molecule has 0 heterocycles. The molecule has 220 valence electrons. The fourth-order valence-electron chi connectivity index (χ4n) is 4.42. The monoisotopic (exact) mass is 637 g/mol. The summed E-state index contributed by atoms with van der Waals surface area (Å²) >= 11 is 19.0. The summed E-state index contributed by atoms with van der Waals surface area (Å²) in [7, 11) is -3.65. The van der Waals surface area contributed by atoms with Crippen molar-refractivity contribution in [1.82, 2.24) is 10.2 Å². The summed E-state index contributed by atoms with van der Waals surface area (Å²) in [5, 5.41) is 4.09. The van der Waals surface area contributed by atoms with Crippen molar-refractivity contribution in [3.8, 4) is 0 Å². The lowest BCUT2D eigenvalue weighted by Crippen LogP contribution is -2.52. The molecule has 0 aliphatic heterocycles. The van der Waals surface area contributed by atoms with Gasteiger partial charge in [0.05, 0.1) is 11.9 Å². The summed E-state index contributed by atoms with van der Waals surface area (Å²) in [6, 6.07) is 20.0. The van der Waals surface area contributed by atoms with Crippen molar-refractivity contribution < 1.29 is 18.0 Å². The van der Waals surface area contributed by atoms with Crippen LogP contribution in [0.25, 0.3) is 0 Å². The average Bonchev–Trinajstić information content (AvgIpc) is 2.89. The normalized spacial score (nSPS) is 12.2. The summed E-state index contributed by atoms with van der Waals surface area (Å²) in [5.74, 6) is -0.641. The maximum absolute atomic E-state index is 13.9. The van der Waals surface area contributed by atoms with Crippen molar-refractivity contribution in [2.75, 3.05) is 17.1 Å². The van der Waals surface area contributed by atoms with E-state index in [1.165, 1.54) is 9.21 Å². The molecule has 0 aliphatic carbocycles. The zero-order chi connectivity index (χ0) is 30.2. The summed E-state index contributed by atoms with van der Waals surface area (Å²) in [6.45, 7) is 3.76. The Hall–Kier alpha value is -2.78. The van der Waals surface area contributed by atoms with E-state index in [4.69, 9.17) is 34.8 Å². The van der Waals surface area contributed by atoms with E-state index >= 15 is 0 Å². The van der Waals surface area contributed by atoms with Gasteiger partial charge in [-0.15, -0.1) is 0 Å². The minimum absolute atomic E-state index is 0.00440. The first kappa shape index (κ1) is 32.7. The largest absolute Gasteiger partial charge is 0.352 e.